The van der Waals surface area contributed by atoms with Gasteiger partial charge in [-0.1, -0.05) is 146 Å². The Hall–Kier alpha value is -2.36. The number of hydrogen-bond donors (Lipinski definition) is 1. The SMILES string of the molecule is CCCCC/C=C\C/C=C\C/C=C\C=C\C(=O)CCCC(=O)O[C@H](COC(=O)CCCCCCCCCCCCCCC)COP(=O)(O)OCC[N+](C)(C)C. The normalized spacial score (nSPS) is 14.0. The second-order valence-corrected chi connectivity index (χ2v) is 16.9. The average molecular weight is 797 g/mol. The fourth-order valence-corrected chi connectivity index (χ4v) is 6.18. The minimum Gasteiger partial charge on any atom is -0.462 e. The number of phosphoric ester groups is 1. The van der Waals surface area contributed by atoms with Crippen LogP contribution < -0.4 is 0 Å². The van der Waals surface area contributed by atoms with Gasteiger partial charge in [0.05, 0.1) is 27.7 Å². The molecule has 11 heteroatoms. The van der Waals surface area contributed by atoms with Gasteiger partial charge in [-0.25, -0.2) is 4.57 Å². The maximum absolute atomic E-state index is 12.6. The van der Waals surface area contributed by atoms with Crippen LogP contribution in [0.2, 0.25) is 0 Å². The Morgan fingerprint density at radius 3 is 1.78 bits per heavy atom. The summed E-state index contributed by atoms with van der Waals surface area (Å²) in [5, 5.41) is 0. The molecule has 55 heavy (non-hydrogen) atoms. The second-order valence-electron chi connectivity index (χ2n) is 15.4. The third-order valence-electron chi connectivity index (χ3n) is 8.84. The van der Waals surface area contributed by atoms with Crippen LogP contribution in [0.1, 0.15) is 162 Å². The lowest BCUT2D eigenvalue weighted by molar-refractivity contribution is -0.870. The number of ketones is 1. The Bertz CT molecular complexity index is 1140. The number of phosphoric acid groups is 1. The van der Waals surface area contributed by atoms with Gasteiger partial charge >= 0.3 is 19.8 Å². The number of allylic oxidation sites excluding steroid dienone is 8. The highest BCUT2D eigenvalue weighted by Crippen LogP contribution is 2.43. The molecule has 0 aromatic heterocycles. The summed E-state index contributed by atoms with van der Waals surface area (Å²) < 4.78 is 34.0. The number of nitrogens with zero attached hydrogens (tertiary/aromatic N) is 1. The van der Waals surface area contributed by atoms with Crippen molar-refractivity contribution in [2.24, 2.45) is 0 Å². The predicted molar refractivity (Wildman–Crippen MR) is 225 cm³/mol. The highest BCUT2D eigenvalue weighted by atomic mass is 31.2. The molecule has 0 heterocycles. The maximum atomic E-state index is 12.6. The number of unbranched alkanes of at least 4 members (excludes halogenated alkanes) is 15. The zero-order valence-corrected chi connectivity index (χ0v) is 36.3. The fraction of sp³-hybridized carbons (Fsp3) is 0.750. The minimum atomic E-state index is -4.44. The van der Waals surface area contributed by atoms with Crippen molar-refractivity contribution in [3.63, 3.8) is 0 Å². The fourth-order valence-electron chi connectivity index (χ4n) is 5.44. The van der Waals surface area contributed by atoms with Crippen LogP contribution in [-0.4, -0.2) is 80.7 Å². The van der Waals surface area contributed by atoms with E-state index in [9.17, 15) is 23.8 Å². The Labute approximate surface area is 335 Å². The number of esters is 2. The van der Waals surface area contributed by atoms with Crippen molar-refractivity contribution in [3.05, 3.63) is 48.6 Å². The highest BCUT2D eigenvalue weighted by Gasteiger charge is 2.27. The molecule has 1 unspecified atom stereocenters. The van der Waals surface area contributed by atoms with Crippen molar-refractivity contribution in [1.29, 1.82) is 0 Å². The van der Waals surface area contributed by atoms with E-state index >= 15 is 0 Å². The first-order valence-electron chi connectivity index (χ1n) is 21.3. The van der Waals surface area contributed by atoms with Crippen molar-refractivity contribution in [2.45, 2.75) is 168 Å². The molecule has 0 saturated carbocycles. The molecule has 0 amide bonds. The van der Waals surface area contributed by atoms with E-state index in [1.807, 2.05) is 33.3 Å². The molecule has 0 fully saturated rings. The summed E-state index contributed by atoms with van der Waals surface area (Å²) in [6.45, 7) is 4.10. The summed E-state index contributed by atoms with van der Waals surface area (Å²) in [5.74, 6) is -1.17. The van der Waals surface area contributed by atoms with Gasteiger partial charge in [0.25, 0.3) is 0 Å². The van der Waals surface area contributed by atoms with Gasteiger partial charge in [0.15, 0.2) is 11.9 Å². The van der Waals surface area contributed by atoms with Crippen LogP contribution in [0.25, 0.3) is 0 Å². The van der Waals surface area contributed by atoms with Crippen molar-refractivity contribution in [2.75, 3.05) is 47.5 Å². The number of carbonyl (C=O) groups is 3. The van der Waals surface area contributed by atoms with E-state index in [2.05, 4.69) is 38.2 Å². The summed E-state index contributed by atoms with van der Waals surface area (Å²) in [7, 11) is 1.33. The molecular weight excluding hydrogens is 717 g/mol. The molecule has 0 spiro atoms. The topological polar surface area (TPSA) is 125 Å². The van der Waals surface area contributed by atoms with Crippen LogP contribution in [0.3, 0.4) is 0 Å². The molecule has 0 radical (unpaired) electrons. The molecule has 1 N–H and O–H groups in total. The first kappa shape index (κ1) is 52.6. The summed E-state index contributed by atoms with van der Waals surface area (Å²) in [6.07, 6.45) is 37.3. The zero-order chi connectivity index (χ0) is 40.9. The number of likely N-dealkylation sites (N-methyl/N-ethyl adjacent to an activating group) is 1. The molecule has 0 aliphatic rings. The largest absolute Gasteiger partial charge is 0.472 e. The smallest absolute Gasteiger partial charge is 0.462 e. The van der Waals surface area contributed by atoms with Gasteiger partial charge < -0.3 is 18.9 Å². The van der Waals surface area contributed by atoms with Gasteiger partial charge in [0, 0.05) is 19.3 Å². The molecule has 0 aliphatic carbocycles. The van der Waals surface area contributed by atoms with Crippen LogP contribution in [0.15, 0.2) is 48.6 Å². The van der Waals surface area contributed by atoms with Crippen LogP contribution in [0.4, 0.5) is 0 Å². The quantitative estimate of drug-likeness (QED) is 0.0124. The first-order valence-corrected chi connectivity index (χ1v) is 22.8. The van der Waals surface area contributed by atoms with E-state index in [0.29, 0.717) is 17.4 Å². The molecule has 0 saturated heterocycles. The number of quaternary nitrogens is 1. The van der Waals surface area contributed by atoms with Gasteiger partial charge in [-0.2, -0.15) is 0 Å². The van der Waals surface area contributed by atoms with Gasteiger partial charge in [0.1, 0.15) is 19.8 Å². The molecular formula is C44H79NO9P+. The Morgan fingerprint density at radius 2 is 1.16 bits per heavy atom. The highest BCUT2D eigenvalue weighted by molar-refractivity contribution is 7.47. The monoisotopic (exact) mass is 797 g/mol. The first-order chi connectivity index (χ1) is 26.4. The summed E-state index contributed by atoms with van der Waals surface area (Å²) in [5.41, 5.74) is 0. The van der Waals surface area contributed by atoms with Gasteiger partial charge in [-0.05, 0) is 44.6 Å². The lowest BCUT2D eigenvalue weighted by atomic mass is 10.0. The van der Waals surface area contributed by atoms with Crippen molar-refractivity contribution in [1.82, 2.24) is 0 Å². The zero-order valence-electron chi connectivity index (χ0n) is 35.4. The van der Waals surface area contributed by atoms with Crippen molar-refractivity contribution >= 4 is 25.5 Å². The number of carbonyl (C=O) groups excluding carboxylic acids is 3. The van der Waals surface area contributed by atoms with E-state index in [1.54, 1.807) is 6.08 Å². The number of hydrogen-bond acceptors (Lipinski definition) is 8. The van der Waals surface area contributed by atoms with E-state index < -0.39 is 32.5 Å². The van der Waals surface area contributed by atoms with E-state index in [4.69, 9.17) is 18.5 Å². The lowest BCUT2D eigenvalue weighted by Gasteiger charge is -2.24. The van der Waals surface area contributed by atoms with E-state index in [1.165, 1.54) is 83.1 Å². The Kier molecular flexibility index (Phi) is 34.5. The molecule has 2 atom stereocenters. The predicted octanol–water partition coefficient (Wildman–Crippen LogP) is 11.1. The van der Waals surface area contributed by atoms with Crippen LogP contribution >= 0.6 is 7.82 Å². The number of rotatable bonds is 38. The van der Waals surface area contributed by atoms with Crippen molar-refractivity contribution in [3.8, 4) is 0 Å². The molecule has 0 rings (SSSR count). The Balaban J connectivity index is 4.60. The molecule has 0 bridgehead atoms. The standard InChI is InChI=1S/C44H78NO9P/c1-6-8-10-12-14-16-18-20-22-24-26-28-30-33-41(46)34-32-36-44(48)54-42(40-53-55(49,50)52-38-37-45(3,4)5)39-51-43(47)35-31-29-27-25-23-21-19-17-15-13-11-9-7-2/h14,16,20,22,26,28,30,33,42H,6-13,15,17-19,21,23-25,27,29,31-32,34-40H2,1-5H3/p+1/b16-14-,22-20-,28-26-,33-30+/t42-/m1/s1. The van der Waals surface area contributed by atoms with Crippen LogP contribution in [0, 0.1) is 0 Å². The molecule has 318 valence electrons. The summed E-state index contributed by atoms with van der Waals surface area (Å²) in [6, 6.07) is 0. The van der Waals surface area contributed by atoms with Gasteiger partial charge in [0.2, 0.25) is 0 Å². The average Bonchev–Trinajstić information content (AvgIpc) is 3.12. The molecule has 0 aromatic rings. The third-order valence-corrected chi connectivity index (χ3v) is 9.82. The summed E-state index contributed by atoms with van der Waals surface area (Å²) in [4.78, 5) is 47.5. The van der Waals surface area contributed by atoms with Gasteiger partial charge in [-0.15, -0.1) is 0 Å². The maximum Gasteiger partial charge on any atom is 0.472 e. The molecule has 0 aliphatic heterocycles. The van der Waals surface area contributed by atoms with E-state index in [-0.39, 0.29) is 44.7 Å². The van der Waals surface area contributed by atoms with Gasteiger partial charge in [-0.3, -0.25) is 23.4 Å². The van der Waals surface area contributed by atoms with E-state index in [0.717, 1.165) is 38.5 Å². The molecule has 10 nitrogen and oxygen atoms in total. The minimum absolute atomic E-state index is 0.0116. The Morgan fingerprint density at radius 1 is 0.618 bits per heavy atom. The summed E-state index contributed by atoms with van der Waals surface area (Å²) >= 11 is 0. The van der Waals surface area contributed by atoms with Crippen LogP contribution in [-0.2, 0) is 37.5 Å². The lowest BCUT2D eigenvalue weighted by Crippen LogP contribution is -2.37. The molecule has 0 aromatic carbocycles. The van der Waals surface area contributed by atoms with Crippen LogP contribution in [0.5, 0.6) is 0 Å². The van der Waals surface area contributed by atoms with Crippen molar-refractivity contribution < 1.29 is 46.8 Å². The number of ether oxygens (including phenoxy) is 2. The third kappa shape index (κ3) is 39.7. The second kappa shape index (κ2) is 36.0.